The van der Waals surface area contributed by atoms with Crippen molar-refractivity contribution >= 4 is 34.7 Å². The smallest absolute Gasteiger partial charge is 0.178 e. The van der Waals surface area contributed by atoms with E-state index in [9.17, 15) is 4.39 Å². The summed E-state index contributed by atoms with van der Waals surface area (Å²) in [5.41, 5.74) is 6.33. The van der Waals surface area contributed by atoms with Crippen LogP contribution in [0.5, 0.6) is 0 Å². The van der Waals surface area contributed by atoms with Crippen molar-refractivity contribution in [3.8, 4) is 22.0 Å². The second kappa shape index (κ2) is 11.8. The van der Waals surface area contributed by atoms with Crippen LogP contribution >= 0.6 is 11.3 Å². The minimum atomic E-state index is -0.243. The summed E-state index contributed by atoms with van der Waals surface area (Å²) in [4.78, 5) is 13.3. The number of rotatable bonds is 9. The number of aromatic nitrogens is 5. The molecule has 0 radical (unpaired) electrons. The van der Waals surface area contributed by atoms with E-state index >= 15 is 0 Å². The fourth-order valence-electron chi connectivity index (χ4n) is 4.42. The van der Waals surface area contributed by atoms with Gasteiger partial charge in [-0.3, -0.25) is 5.10 Å². The maximum absolute atomic E-state index is 13.7. The number of H-pyrrole nitrogens is 2. The molecule has 6 nitrogen and oxygen atoms in total. The van der Waals surface area contributed by atoms with E-state index in [0.29, 0.717) is 17.2 Å². The van der Waals surface area contributed by atoms with Crippen LogP contribution in [0, 0.1) is 10.5 Å². The van der Waals surface area contributed by atoms with Crippen LogP contribution in [0.15, 0.2) is 84.9 Å². The highest BCUT2D eigenvalue weighted by atomic mass is 32.1. The summed E-state index contributed by atoms with van der Waals surface area (Å²) in [7, 11) is 0. The van der Waals surface area contributed by atoms with Crippen molar-refractivity contribution in [3.63, 3.8) is 0 Å². The fraction of sp³-hybridized carbons (Fsp3) is 0.219. The normalized spacial score (nSPS) is 13.8. The lowest BCUT2D eigenvalue weighted by Crippen LogP contribution is -2.24. The Morgan fingerprint density at radius 1 is 1.18 bits per heavy atom. The van der Waals surface area contributed by atoms with Crippen LogP contribution in [-0.4, -0.2) is 25.1 Å². The summed E-state index contributed by atoms with van der Waals surface area (Å²) < 4.78 is 13.7. The predicted molar refractivity (Wildman–Crippen MR) is 166 cm³/mol. The Morgan fingerprint density at radius 2 is 1.95 bits per heavy atom. The Labute approximate surface area is 238 Å². The van der Waals surface area contributed by atoms with Crippen molar-refractivity contribution in [1.29, 1.82) is 0 Å². The molecular formula is C32H35FN6S. The van der Waals surface area contributed by atoms with Crippen molar-refractivity contribution < 1.29 is 4.39 Å². The van der Waals surface area contributed by atoms with Gasteiger partial charge in [0, 0.05) is 33.3 Å². The van der Waals surface area contributed by atoms with Crippen molar-refractivity contribution in [1.82, 2.24) is 30.5 Å². The average molecular weight is 555 g/mol. The predicted octanol–water partition coefficient (Wildman–Crippen LogP) is 6.91. The average Bonchev–Trinajstić information content (AvgIpc) is 3.62. The van der Waals surface area contributed by atoms with E-state index in [1.807, 2.05) is 44.2 Å². The molecule has 8 heteroatoms. The third-order valence-corrected chi connectivity index (χ3v) is 7.08. The lowest BCUT2D eigenvalue weighted by molar-refractivity contribution is 0.403. The number of aromatic amines is 2. The molecule has 0 amide bonds. The molecule has 0 bridgehead atoms. The van der Waals surface area contributed by atoms with Gasteiger partial charge in [-0.05, 0) is 73.3 Å². The molecule has 4 aromatic rings. The van der Waals surface area contributed by atoms with Crippen LogP contribution in [0.1, 0.15) is 41.0 Å². The summed E-state index contributed by atoms with van der Waals surface area (Å²) >= 11 is 1.08. The molecule has 0 saturated heterocycles. The van der Waals surface area contributed by atoms with Crippen LogP contribution in [0.25, 0.3) is 45.3 Å². The minimum absolute atomic E-state index is 0.120. The Bertz CT molecular complexity index is 1770. The first kappa shape index (κ1) is 28.7. The quantitative estimate of drug-likeness (QED) is 0.196. The van der Waals surface area contributed by atoms with E-state index < -0.39 is 0 Å². The molecule has 0 aliphatic heterocycles. The summed E-state index contributed by atoms with van der Waals surface area (Å²) in [5.74, 6) is 0.555. The number of hydrogen-bond acceptors (Lipinski definition) is 5. The molecule has 0 fully saturated rings. The van der Waals surface area contributed by atoms with Gasteiger partial charge in [0.2, 0.25) is 0 Å². The number of imidazole rings is 1. The summed E-state index contributed by atoms with van der Waals surface area (Å²) in [6.07, 6.45) is 12.2. The standard InChI is InChI=1S/C32H35FN6S/c1-9-21(17-22(10-2)35-20(5)18-32(6,7)8)19(4)16-24-25(11-3)38-39-29(24)31-36-28-23(14-15-34-30(28)37-31)26-12-13-27(33)40-26/h9-17,35,38H,2,4-5,18H2,1,3,6-8H3,(H,34,36,37)/b21-9+,22-17+,24-16+,25-11+. The molecule has 0 atom stereocenters. The number of pyridine rings is 1. The van der Waals surface area contributed by atoms with E-state index in [1.165, 1.54) is 6.07 Å². The van der Waals surface area contributed by atoms with Crippen molar-refractivity contribution in [2.75, 3.05) is 0 Å². The Morgan fingerprint density at radius 3 is 2.58 bits per heavy atom. The largest absolute Gasteiger partial charge is 0.359 e. The Hall–Kier alpha value is -4.30. The highest BCUT2D eigenvalue weighted by Gasteiger charge is 2.16. The van der Waals surface area contributed by atoms with Gasteiger partial charge in [-0.25, -0.2) is 9.97 Å². The van der Waals surface area contributed by atoms with Gasteiger partial charge in [-0.1, -0.05) is 52.7 Å². The number of fused-ring (bicyclic) bond motifs is 1. The van der Waals surface area contributed by atoms with Crippen LogP contribution in [0.4, 0.5) is 4.39 Å². The van der Waals surface area contributed by atoms with Gasteiger partial charge < -0.3 is 10.3 Å². The van der Waals surface area contributed by atoms with Crippen molar-refractivity contribution in [3.05, 3.63) is 101 Å². The van der Waals surface area contributed by atoms with Crippen LogP contribution < -0.4 is 15.9 Å². The summed E-state index contributed by atoms with van der Waals surface area (Å²) in [6, 6.07) is 5.07. The van der Waals surface area contributed by atoms with Gasteiger partial charge in [0.1, 0.15) is 5.69 Å². The number of hydrogen-bond donors (Lipinski definition) is 3. The molecular weight excluding hydrogens is 519 g/mol. The summed E-state index contributed by atoms with van der Waals surface area (Å²) in [6.45, 7) is 22.9. The third-order valence-electron chi connectivity index (χ3n) is 6.17. The van der Waals surface area contributed by atoms with E-state index in [4.69, 9.17) is 4.98 Å². The molecule has 0 unspecified atom stereocenters. The van der Waals surface area contributed by atoms with Crippen LogP contribution in [0.2, 0.25) is 0 Å². The topological polar surface area (TPSA) is 82.3 Å². The van der Waals surface area contributed by atoms with E-state index in [-0.39, 0.29) is 10.5 Å². The number of nitrogens with one attached hydrogen (secondary N) is 3. The molecule has 206 valence electrons. The van der Waals surface area contributed by atoms with Crippen molar-refractivity contribution in [2.24, 2.45) is 5.41 Å². The molecule has 3 N–H and O–H groups in total. The lowest BCUT2D eigenvalue weighted by Gasteiger charge is -2.21. The van der Waals surface area contributed by atoms with E-state index in [0.717, 1.165) is 66.8 Å². The minimum Gasteiger partial charge on any atom is -0.359 e. The molecule has 0 aromatic carbocycles. The molecule has 0 saturated carbocycles. The van der Waals surface area contributed by atoms with Gasteiger partial charge in [-0.2, -0.15) is 9.49 Å². The number of halogens is 1. The molecule has 0 spiro atoms. The Balaban J connectivity index is 1.73. The SMILES string of the molecule is C=C/C(=C\C(=C/C)C(=C)/C=c1/c(-c2nc3nccc(-c4ccc(F)s4)c3[nH]2)n[nH]/c1=C/C)NC(=C)CC(C)(C)C. The number of allylic oxidation sites excluding steroid dienone is 6. The first-order valence-electron chi connectivity index (χ1n) is 13.0. The number of thiophene rings is 1. The molecule has 4 rings (SSSR count). The first-order chi connectivity index (χ1) is 19.0. The highest BCUT2D eigenvalue weighted by molar-refractivity contribution is 7.14. The maximum atomic E-state index is 13.7. The number of nitrogens with zero attached hydrogens (tertiary/aromatic N) is 3. The van der Waals surface area contributed by atoms with Gasteiger partial charge in [-0.15, -0.1) is 11.3 Å². The first-order valence-corrected chi connectivity index (χ1v) is 13.8. The van der Waals surface area contributed by atoms with Gasteiger partial charge in [0.05, 0.1) is 10.9 Å². The zero-order valence-corrected chi connectivity index (χ0v) is 24.5. The van der Waals surface area contributed by atoms with Gasteiger partial charge >= 0.3 is 0 Å². The maximum Gasteiger partial charge on any atom is 0.178 e. The van der Waals surface area contributed by atoms with Gasteiger partial charge in [0.25, 0.3) is 0 Å². The van der Waals surface area contributed by atoms with Crippen molar-refractivity contribution in [2.45, 2.75) is 41.0 Å². The molecule has 0 aliphatic carbocycles. The van der Waals surface area contributed by atoms with E-state index in [2.05, 4.69) is 66.0 Å². The second-order valence-corrected chi connectivity index (χ2v) is 11.7. The second-order valence-electron chi connectivity index (χ2n) is 10.6. The Kier molecular flexibility index (Phi) is 8.49. The molecule has 4 aromatic heterocycles. The summed E-state index contributed by atoms with van der Waals surface area (Å²) in [5, 5.41) is 12.5. The van der Waals surface area contributed by atoms with E-state index in [1.54, 1.807) is 18.3 Å². The van der Waals surface area contributed by atoms with Gasteiger partial charge in [0.15, 0.2) is 16.6 Å². The molecule has 4 heterocycles. The fourth-order valence-corrected chi connectivity index (χ4v) is 5.18. The zero-order chi connectivity index (χ0) is 29.0. The third kappa shape index (κ3) is 6.46. The molecule has 40 heavy (non-hydrogen) atoms. The highest BCUT2D eigenvalue weighted by Crippen LogP contribution is 2.32. The van der Waals surface area contributed by atoms with Crippen LogP contribution in [-0.2, 0) is 0 Å². The lowest BCUT2D eigenvalue weighted by atomic mass is 9.91. The molecule has 0 aliphatic rings. The van der Waals surface area contributed by atoms with Crippen LogP contribution in [0.3, 0.4) is 0 Å². The zero-order valence-electron chi connectivity index (χ0n) is 23.7. The monoisotopic (exact) mass is 554 g/mol.